The number of ether oxygens (including phenoxy) is 2. The van der Waals surface area contributed by atoms with Gasteiger partial charge in [0.1, 0.15) is 17.4 Å². The largest absolute Gasteiger partial charge is 0.496 e. The van der Waals surface area contributed by atoms with Crippen molar-refractivity contribution >= 4 is 10.0 Å². The summed E-state index contributed by atoms with van der Waals surface area (Å²) in [5, 5.41) is 0. The lowest BCUT2D eigenvalue weighted by Gasteiger charge is -2.19. The van der Waals surface area contributed by atoms with Crippen LogP contribution in [0, 0.1) is 11.6 Å². The number of sulfonamides is 1. The molecule has 0 fully saturated rings. The van der Waals surface area contributed by atoms with Crippen molar-refractivity contribution in [2.24, 2.45) is 0 Å². The standard InChI is InChI=1S/C17H19F2NO4S/c1-23-16-6-4-3-5-14(16)17(24-2)10-20-25(21,22)11-12-9-13(18)7-8-15(12)19/h3-9,17,20H,10-11H2,1-2H3/t17-/m0/s1. The Morgan fingerprint density at radius 3 is 2.52 bits per heavy atom. The van der Waals surface area contributed by atoms with E-state index >= 15 is 0 Å². The zero-order chi connectivity index (χ0) is 18.4. The van der Waals surface area contributed by atoms with Gasteiger partial charge in [0, 0.05) is 24.8 Å². The number of nitrogens with one attached hydrogen (secondary N) is 1. The molecule has 0 unspecified atom stereocenters. The Bertz CT molecular complexity index is 827. The highest BCUT2D eigenvalue weighted by Crippen LogP contribution is 2.26. The molecule has 1 N–H and O–H groups in total. The first kappa shape index (κ1) is 19.3. The third kappa shape index (κ3) is 5.22. The first-order chi connectivity index (χ1) is 11.9. The number of benzene rings is 2. The second-order valence-corrected chi connectivity index (χ2v) is 7.12. The monoisotopic (exact) mass is 371 g/mol. The third-order valence-electron chi connectivity index (χ3n) is 3.61. The van der Waals surface area contributed by atoms with Crippen LogP contribution < -0.4 is 9.46 Å². The van der Waals surface area contributed by atoms with Crippen LogP contribution in [0.1, 0.15) is 17.2 Å². The van der Waals surface area contributed by atoms with Gasteiger partial charge in [-0.05, 0) is 24.3 Å². The van der Waals surface area contributed by atoms with Gasteiger partial charge in [-0.2, -0.15) is 0 Å². The van der Waals surface area contributed by atoms with Gasteiger partial charge >= 0.3 is 0 Å². The lowest BCUT2D eigenvalue weighted by molar-refractivity contribution is 0.105. The van der Waals surface area contributed by atoms with Gasteiger partial charge in [-0.25, -0.2) is 21.9 Å². The van der Waals surface area contributed by atoms with Crippen molar-refractivity contribution in [3.8, 4) is 5.75 Å². The Morgan fingerprint density at radius 1 is 1.12 bits per heavy atom. The zero-order valence-corrected chi connectivity index (χ0v) is 14.6. The van der Waals surface area contributed by atoms with E-state index in [1.54, 1.807) is 24.3 Å². The quantitative estimate of drug-likeness (QED) is 0.775. The lowest BCUT2D eigenvalue weighted by atomic mass is 10.1. The molecular weight excluding hydrogens is 352 g/mol. The van der Waals surface area contributed by atoms with Crippen LogP contribution in [0.15, 0.2) is 42.5 Å². The highest BCUT2D eigenvalue weighted by Gasteiger charge is 2.20. The van der Waals surface area contributed by atoms with Crippen molar-refractivity contribution < 1.29 is 26.7 Å². The molecule has 2 aromatic rings. The molecule has 2 aromatic carbocycles. The Balaban J connectivity index is 2.10. The zero-order valence-electron chi connectivity index (χ0n) is 13.8. The molecule has 0 aliphatic carbocycles. The van der Waals surface area contributed by atoms with Gasteiger partial charge in [0.25, 0.3) is 0 Å². The van der Waals surface area contributed by atoms with Gasteiger partial charge < -0.3 is 9.47 Å². The highest BCUT2D eigenvalue weighted by molar-refractivity contribution is 7.88. The predicted molar refractivity (Wildman–Crippen MR) is 89.7 cm³/mol. The van der Waals surface area contributed by atoms with E-state index in [1.807, 2.05) is 0 Å². The van der Waals surface area contributed by atoms with Gasteiger partial charge in [0.05, 0.1) is 19.0 Å². The van der Waals surface area contributed by atoms with Crippen LogP contribution in [0.2, 0.25) is 0 Å². The summed E-state index contributed by atoms with van der Waals surface area (Å²) < 4.78 is 64.1. The minimum Gasteiger partial charge on any atom is -0.496 e. The molecule has 1 atom stereocenters. The first-order valence-electron chi connectivity index (χ1n) is 7.43. The molecule has 0 aliphatic rings. The lowest BCUT2D eigenvalue weighted by Crippen LogP contribution is -2.30. The van der Waals surface area contributed by atoms with Crippen molar-refractivity contribution in [2.45, 2.75) is 11.9 Å². The second-order valence-electron chi connectivity index (χ2n) is 5.31. The molecule has 0 amide bonds. The maximum atomic E-state index is 13.6. The molecule has 0 aromatic heterocycles. The fraction of sp³-hybridized carbons (Fsp3) is 0.294. The topological polar surface area (TPSA) is 64.6 Å². The Morgan fingerprint density at radius 2 is 1.84 bits per heavy atom. The van der Waals surface area contributed by atoms with Crippen LogP contribution >= 0.6 is 0 Å². The van der Waals surface area contributed by atoms with Crippen molar-refractivity contribution in [3.63, 3.8) is 0 Å². The Hall–Kier alpha value is -2.03. The Kier molecular flexibility index (Phi) is 6.46. The van der Waals surface area contributed by atoms with E-state index in [2.05, 4.69) is 4.72 Å². The number of methoxy groups -OCH3 is 2. The van der Waals surface area contributed by atoms with Crippen LogP contribution in [0.4, 0.5) is 8.78 Å². The molecule has 0 aliphatic heterocycles. The van der Waals surface area contributed by atoms with E-state index in [0.717, 1.165) is 18.2 Å². The number of para-hydroxylation sites is 1. The summed E-state index contributed by atoms with van der Waals surface area (Å²) in [6, 6.07) is 9.75. The van der Waals surface area contributed by atoms with Crippen molar-refractivity contribution in [3.05, 3.63) is 65.2 Å². The van der Waals surface area contributed by atoms with Crippen molar-refractivity contribution in [1.82, 2.24) is 4.72 Å². The molecule has 0 heterocycles. The third-order valence-corrected chi connectivity index (χ3v) is 4.91. The maximum absolute atomic E-state index is 13.6. The first-order valence-corrected chi connectivity index (χ1v) is 9.08. The molecule has 0 radical (unpaired) electrons. The average molecular weight is 371 g/mol. The van der Waals surface area contributed by atoms with E-state index < -0.39 is 33.5 Å². The summed E-state index contributed by atoms with van der Waals surface area (Å²) in [7, 11) is -0.940. The van der Waals surface area contributed by atoms with Crippen LogP contribution in [-0.2, 0) is 20.5 Å². The van der Waals surface area contributed by atoms with Crippen LogP contribution in [-0.4, -0.2) is 29.2 Å². The normalized spacial score (nSPS) is 12.8. The summed E-state index contributed by atoms with van der Waals surface area (Å²) in [6.07, 6.45) is -0.594. The minimum absolute atomic E-state index is 0.0733. The van der Waals surface area contributed by atoms with Crippen LogP contribution in [0.25, 0.3) is 0 Å². The fourth-order valence-corrected chi connectivity index (χ4v) is 3.50. The van der Waals surface area contributed by atoms with Gasteiger partial charge in [-0.3, -0.25) is 0 Å². The van der Waals surface area contributed by atoms with Crippen LogP contribution in [0.5, 0.6) is 5.75 Å². The Labute approximate surface area is 145 Å². The second kappa shape index (κ2) is 8.37. The van der Waals surface area contributed by atoms with Crippen LogP contribution in [0.3, 0.4) is 0 Å². The average Bonchev–Trinajstić information content (AvgIpc) is 2.59. The summed E-state index contributed by atoms with van der Waals surface area (Å²) in [4.78, 5) is 0. The van der Waals surface area contributed by atoms with Crippen molar-refractivity contribution in [1.29, 1.82) is 0 Å². The highest BCUT2D eigenvalue weighted by atomic mass is 32.2. The summed E-state index contributed by atoms with van der Waals surface area (Å²) >= 11 is 0. The summed E-state index contributed by atoms with van der Waals surface area (Å²) in [5.74, 6) is -1.58. The molecule has 0 bridgehead atoms. The van der Waals surface area contributed by atoms with E-state index in [9.17, 15) is 17.2 Å². The molecule has 0 spiro atoms. The summed E-state index contributed by atoms with van der Waals surface area (Å²) in [6.45, 7) is -0.0733. The van der Waals surface area contributed by atoms with Gasteiger partial charge in [0.2, 0.25) is 10.0 Å². The van der Waals surface area contributed by atoms with Gasteiger partial charge in [-0.15, -0.1) is 0 Å². The van der Waals surface area contributed by atoms with E-state index in [0.29, 0.717) is 11.3 Å². The smallest absolute Gasteiger partial charge is 0.215 e. The van der Waals surface area contributed by atoms with Gasteiger partial charge in [-0.1, -0.05) is 18.2 Å². The number of hydrogen-bond acceptors (Lipinski definition) is 4. The summed E-state index contributed by atoms with van der Waals surface area (Å²) in [5.41, 5.74) is 0.436. The SMILES string of the molecule is COc1ccccc1[C@H](CNS(=O)(=O)Cc1cc(F)ccc1F)OC. The van der Waals surface area contributed by atoms with Crippen molar-refractivity contribution in [2.75, 3.05) is 20.8 Å². The van der Waals surface area contributed by atoms with E-state index in [-0.39, 0.29) is 12.1 Å². The molecule has 8 heteroatoms. The fourth-order valence-electron chi connectivity index (χ4n) is 2.37. The maximum Gasteiger partial charge on any atom is 0.215 e. The predicted octanol–water partition coefficient (Wildman–Crippen LogP) is 2.78. The van der Waals surface area contributed by atoms with E-state index in [4.69, 9.17) is 9.47 Å². The molecule has 0 saturated carbocycles. The molecular formula is C17H19F2NO4S. The minimum atomic E-state index is -3.88. The number of hydrogen-bond donors (Lipinski definition) is 1. The number of halogens is 2. The molecule has 25 heavy (non-hydrogen) atoms. The molecule has 0 saturated heterocycles. The van der Waals surface area contributed by atoms with E-state index in [1.165, 1.54) is 14.2 Å². The molecule has 136 valence electrons. The van der Waals surface area contributed by atoms with Gasteiger partial charge in [0.15, 0.2) is 0 Å². The number of rotatable bonds is 8. The molecule has 5 nitrogen and oxygen atoms in total. The molecule has 2 rings (SSSR count).